The molecule has 1 aromatic rings. The summed E-state index contributed by atoms with van der Waals surface area (Å²) >= 11 is 3.27. The third-order valence-corrected chi connectivity index (χ3v) is 3.01. The van der Waals surface area contributed by atoms with Crippen LogP contribution >= 0.6 is 15.9 Å². The Morgan fingerprint density at radius 1 is 1.35 bits per heavy atom. The van der Waals surface area contributed by atoms with Crippen LogP contribution in [0.3, 0.4) is 0 Å². The lowest BCUT2D eigenvalue weighted by atomic mass is 10.2. The summed E-state index contributed by atoms with van der Waals surface area (Å²) in [5.41, 5.74) is 7.18. The lowest BCUT2D eigenvalue weighted by Crippen LogP contribution is -2.24. The maximum atomic E-state index is 12.0. The van der Waals surface area contributed by atoms with Gasteiger partial charge in [0.05, 0.1) is 6.42 Å². The van der Waals surface area contributed by atoms with E-state index >= 15 is 0 Å². The van der Waals surface area contributed by atoms with Crippen molar-refractivity contribution in [2.75, 3.05) is 19.3 Å². The zero-order valence-electron chi connectivity index (χ0n) is 9.39. The molecule has 1 rings (SSSR count). The lowest BCUT2D eigenvalue weighted by Gasteiger charge is -2.18. The minimum absolute atomic E-state index is 0.0144. The van der Waals surface area contributed by atoms with Gasteiger partial charge in [-0.25, -0.2) is 0 Å². The van der Waals surface area contributed by atoms with E-state index in [-0.39, 0.29) is 6.54 Å². The fraction of sp³-hybridized carbons (Fsp3) is 0.455. The first-order chi connectivity index (χ1) is 7.78. The molecule has 0 aromatic heterocycles. The molecule has 0 amide bonds. The average Bonchev–Trinajstić information content (AvgIpc) is 2.20. The number of halogens is 4. The first-order valence-corrected chi connectivity index (χ1v) is 5.86. The lowest BCUT2D eigenvalue weighted by molar-refractivity contribution is -0.137. The first kappa shape index (κ1) is 14.3. The third-order valence-electron chi connectivity index (χ3n) is 2.29. The number of nitrogens with two attached hydrogens (primary N) is 1. The van der Waals surface area contributed by atoms with Gasteiger partial charge >= 0.3 is 6.18 Å². The summed E-state index contributed by atoms with van der Waals surface area (Å²) < 4.78 is 36.8. The molecule has 2 N–H and O–H groups in total. The van der Waals surface area contributed by atoms with Crippen LogP contribution in [0, 0.1) is 0 Å². The molecule has 0 heterocycles. The highest BCUT2D eigenvalue weighted by atomic mass is 79.9. The zero-order valence-corrected chi connectivity index (χ0v) is 11.0. The quantitative estimate of drug-likeness (QED) is 0.864. The highest BCUT2D eigenvalue weighted by Crippen LogP contribution is 2.22. The summed E-state index contributed by atoms with van der Waals surface area (Å²) in [6, 6.07) is 5.39. The Hall–Kier alpha value is -0.750. The molecule has 0 atom stereocenters. The van der Waals surface area contributed by atoms with E-state index in [1.165, 1.54) is 0 Å². The van der Waals surface area contributed by atoms with Crippen LogP contribution in [-0.4, -0.2) is 24.7 Å². The van der Waals surface area contributed by atoms with E-state index in [4.69, 9.17) is 5.73 Å². The molecule has 1 aromatic carbocycles. The van der Waals surface area contributed by atoms with Crippen molar-refractivity contribution in [1.29, 1.82) is 0 Å². The summed E-state index contributed by atoms with van der Waals surface area (Å²) in [5, 5.41) is 0. The molecule has 0 spiro atoms. The van der Waals surface area contributed by atoms with E-state index in [9.17, 15) is 13.2 Å². The van der Waals surface area contributed by atoms with Gasteiger partial charge in [0.15, 0.2) is 0 Å². The maximum Gasteiger partial charge on any atom is 0.390 e. The maximum absolute atomic E-state index is 12.0. The van der Waals surface area contributed by atoms with Gasteiger partial charge in [0.1, 0.15) is 0 Å². The zero-order chi connectivity index (χ0) is 13.1. The van der Waals surface area contributed by atoms with E-state index in [1.54, 1.807) is 24.1 Å². The van der Waals surface area contributed by atoms with Crippen LogP contribution in [0.2, 0.25) is 0 Å². The minimum atomic E-state index is -4.10. The second-order valence-corrected chi connectivity index (χ2v) is 4.81. The Balaban J connectivity index is 2.50. The van der Waals surface area contributed by atoms with Crippen molar-refractivity contribution in [3.63, 3.8) is 0 Å². The van der Waals surface area contributed by atoms with Crippen LogP contribution in [0.4, 0.5) is 18.9 Å². The molecule has 0 aliphatic heterocycles. The van der Waals surface area contributed by atoms with Gasteiger partial charge < -0.3 is 10.6 Å². The molecule has 0 aliphatic rings. The van der Waals surface area contributed by atoms with Crippen LogP contribution in [0.25, 0.3) is 0 Å². The summed E-state index contributed by atoms with van der Waals surface area (Å²) in [6.07, 6.45) is -4.90. The Bertz CT molecular complexity index is 379. The van der Waals surface area contributed by atoms with E-state index < -0.39 is 12.6 Å². The topological polar surface area (TPSA) is 29.3 Å². The van der Waals surface area contributed by atoms with Crippen LogP contribution in [0.1, 0.15) is 12.0 Å². The molecule has 0 aliphatic carbocycles. The predicted molar refractivity (Wildman–Crippen MR) is 65.6 cm³/mol. The number of rotatable bonds is 4. The van der Waals surface area contributed by atoms with Gasteiger partial charge in [-0.3, -0.25) is 0 Å². The fourth-order valence-corrected chi connectivity index (χ4v) is 1.65. The normalized spacial score (nSPS) is 12.1. The molecular weight excluding hydrogens is 297 g/mol. The molecular formula is C11H14BrF3N2. The first-order valence-electron chi connectivity index (χ1n) is 5.07. The second-order valence-electron chi connectivity index (χ2n) is 3.96. The van der Waals surface area contributed by atoms with Gasteiger partial charge in [-0.1, -0.05) is 6.07 Å². The summed E-state index contributed by atoms with van der Waals surface area (Å²) in [5.74, 6) is 0. The van der Waals surface area contributed by atoms with Gasteiger partial charge in [-0.2, -0.15) is 13.2 Å². The van der Waals surface area contributed by atoms with Crippen molar-refractivity contribution in [2.24, 2.45) is 0 Å². The molecule has 0 saturated heterocycles. The van der Waals surface area contributed by atoms with E-state index in [0.29, 0.717) is 12.2 Å². The number of anilines is 1. The average molecular weight is 311 g/mol. The summed E-state index contributed by atoms with van der Waals surface area (Å²) in [7, 11) is 1.66. The monoisotopic (exact) mass is 310 g/mol. The van der Waals surface area contributed by atoms with Gasteiger partial charge in [-0.05, 0) is 40.7 Å². The number of nitrogens with zero attached hydrogens (tertiary/aromatic N) is 1. The van der Waals surface area contributed by atoms with Crippen molar-refractivity contribution in [2.45, 2.75) is 19.1 Å². The van der Waals surface area contributed by atoms with Crippen LogP contribution in [-0.2, 0) is 6.54 Å². The number of alkyl halides is 3. The molecule has 0 radical (unpaired) electrons. The second kappa shape index (κ2) is 5.73. The smallest absolute Gasteiger partial charge is 0.390 e. The number of benzene rings is 1. The van der Waals surface area contributed by atoms with Crippen LogP contribution < -0.4 is 5.73 Å². The van der Waals surface area contributed by atoms with Gasteiger partial charge in [0, 0.05) is 23.2 Å². The third kappa shape index (κ3) is 5.41. The highest BCUT2D eigenvalue weighted by Gasteiger charge is 2.26. The van der Waals surface area contributed by atoms with E-state index in [0.717, 1.165) is 10.0 Å². The standard InChI is InChI=1S/C11H14BrF3N2/c1-17(5-4-11(13,14)15)7-8-2-3-9(12)10(16)6-8/h2-3,6H,4-5,7,16H2,1H3. The van der Waals surface area contributed by atoms with Crippen molar-refractivity contribution >= 4 is 21.6 Å². The van der Waals surface area contributed by atoms with Gasteiger partial charge in [-0.15, -0.1) is 0 Å². The summed E-state index contributed by atoms with van der Waals surface area (Å²) in [6.45, 7) is 0.438. The Kier molecular flexibility index (Phi) is 4.82. The van der Waals surface area contributed by atoms with Crippen molar-refractivity contribution < 1.29 is 13.2 Å². The Labute approximate surface area is 107 Å². The van der Waals surface area contributed by atoms with Crippen LogP contribution in [0.15, 0.2) is 22.7 Å². The van der Waals surface area contributed by atoms with Gasteiger partial charge in [0.2, 0.25) is 0 Å². The molecule has 0 bridgehead atoms. The van der Waals surface area contributed by atoms with Crippen molar-refractivity contribution in [3.8, 4) is 0 Å². The Morgan fingerprint density at radius 2 is 2.00 bits per heavy atom. The molecule has 0 saturated carbocycles. The molecule has 0 fully saturated rings. The number of hydrogen-bond donors (Lipinski definition) is 1. The predicted octanol–water partition coefficient (Wildman–Crippen LogP) is 3.42. The van der Waals surface area contributed by atoms with E-state index in [1.807, 2.05) is 6.07 Å². The van der Waals surface area contributed by atoms with Crippen molar-refractivity contribution in [1.82, 2.24) is 4.90 Å². The molecule has 0 unspecified atom stereocenters. The minimum Gasteiger partial charge on any atom is -0.398 e. The fourth-order valence-electron chi connectivity index (χ4n) is 1.40. The van der Waals surface area contributed by atoms with Crippen LogP contribution in [0.5, 0.6) is 0 Å². The molecule has 17 heavy (non-hydrogen) atoms. The Morgan fingerprint density at radius 3 is 2.53 bits per heavy atom. The SMILES string of the molecule is CN(CCC(F)(F)F)Cc1ccc(Br)c(N)c1. The largest absolute Gasteiger partial charge is 0.398 e. The number of nitrogen functional groups attached to an aromatic ring is 1. The molecule has 2 nitrogen and oxygen atoms in total. The van der Waals surface area contributed by atoms with E-state index in [2.05, 4.69) is 15.9 Å². The number of hydrogen-bond acceptors (Lipinski definition) is 2. The van der Waals surface area contributed by atoms with Gasteiger partial charge in [0.25, 0.3) is 0 Å². The highest BCUT2D eigenvalue weighted by molar-refractivity contribution is 9.10. The molecule has 6 heteroatoms. The molecule has 96 valence electrons. The van der Waals surface area contributed by atoms with Crippen molar-refractivity contribution in [3.05, 3.63) is 28.2 Å². The summed E-state index contributed by atoms with van der Waals surface area (Å²) in [4.78, 5) is 1.62.